The molecule has 0 radical (unpaired) electrons. The Balaban J connectivity index is 1.77. The normalized spacial score (nSPS) is 17.8. The van der Waals surface area contributed by atoms with Gasteiger partial charge in [-0.1, -0.05) is 30.3 Å². The molecule has 0 spiro atoms. The first-order valence-electron chi connectivity index (χ1n) is 7.41. The van der Waals surface area contributed by atoms with Gasteiger partial charge in [0.2, 0.25) is 5.43 Å². The van der Waals surface area contributed by atoms with Crippen molar-refractivity contribution in [3.63, 3.8) is 0 Å². The van der Waals surface area contributed by atoms with Crippen LogP contribution in [0.15, 0.2) is 47.4 Å². The number of nitrogens with zero attached hydrogens (tertiary/aromatic N) is 1. The maximum atomic E-state index is 12.6. The number of amides is 1. The summed E-state index contributed by atoms with van der Waals surface area (Å²) in [4.78, 5) is 28.9. The molecule has 1 aromatic carbocycles. The molecule has 0 saturated carbocycles. The van der Waals surface area contributed by atoms with E-state index in [0.717, 1.165) is 5.56 Å². The van der Waals surface area contributed by atoms with Crippen molar-refractivity contribution in [3.05, 3.63) is 64.1 Å². The summed E-state index contributed by atoms with van der Waals surface area (Å²) < 4.78 is 10.7. The smallest absolute Gasteiger partial charge is 0.270 e. The summed E-state index contributed by atoms with van der Waals surface area (Å²) in [6, 6.07) is 11.1. The van der Waals surface area contributed by atoms with E-state index < -0.39 is 0 Å². The Kier molecular flexibility index (Phi) is 4.43. The third-order valence-electron chi connectivity index (χ3n) is 3.85. The molecule has 2 heterocycles. The van der Waals surface area contributed by atoms with Crippen molar-refractivity contribution in [2.45, 2.75) is 6.10 Å². The van der Waals surface area contributed by atoms with Crippen LogP contribution in [-0.2, 0) is 4.74 Å². The molecule has 6 nitrogen and oxygen atoms in total. The number of ether oxygens (including phenoxy) is 2. The van der Waals surface area contributed by atoms with Gasteiger partial charge in [0.25, 0.3) is 5.91 Å². The molecule has 1 amide bonds. The van der Waals surface area contributed by atoms with Crippen LogP contribution in [0.5, 0.6) is 5.75 Å². The Hall–Kier alpha value is -2.60. The van der Waals surface area contributed by atoms with E-state index in [9.17, 15) is 9.59 Å². The topological polar surface area (TPSA) is 71.6 Å². The minimum atomic E-state index is -0.317. The second kappa shape index (κ2) is 6.66. The number of morpholine rings is 1. The van der Waals surface area contributed by atoms with E-state index >= 15 is 0 Å². The van der Waals surface area contributed by atoms with E-state index in [1.807, 2.05) is 30.3 Å². The van der Waals surface area contributed by atoms with E-state index in [2.05, 4.69) is 4.98 Å². The van der Waals surface area contributed by atoms with Gasteiger partial charge in [-0.3, -0.25) is 9.59 Å². The SMILES string of the molecule is COc1c[nH]c(C(=O)N2CCO[C@H](c3ccccc3)C2)cc1=O. The van der Waals surface area contributed by atoms with Crippen molar-refractivity contribution < 1.29 is 14.3 Å². The number of aromatic nitrogens is 1. The fraction of sp³-hybridized carbons (Fsp3) is 0.294. The minimum absolute atomic E-state index is 0.154. The second-order valence-electron chi connectivity index (χ2n) is 5.30. The lowest BCUT2D eigenvalue weighted by atomic mass is 10.1. The number of hydrogen-bond donors (Lipinski definition) is 1. The molecule has 1 N–H and O–H groups in total. The van der Waals surface area contributed by atoms with Crippen molar-refractivity contribution >= 4 is 5.91 Å². The Morgan fingerprint density at radius 2 is 2.13 bits per heavy atom. The van der Waals surface area contributed by atoms with E-state index in [1.165, 1.54) is 19.4 Å². The molecule has 1 aromatic heterocycles. The highest BCUT2D eigenvalue weighted by Crippen LogP contribution is 2.22. The van der Waals surface area contributed by atoms with E-state index in [-0.39, 0.29) is 28.9 Å². The Morgan fingerprint density at radius 1 is 1.35 bits per heavy atom. The fourth-order valence-corrected chi connectivity index (χ4v) is 2.61. The maximum Gasteiger partial charge on any atom is 0.270 e. The van der Waals surface area contributed by atoms with Gasteiger partial charge < -0.3 is 19.4 Å². The summed E-state index contributed by atoms with van der Waals surface area (Å²) in [6.45, 7) is 1.42. The Labute approximate surface area is 133 Å². The summed E-state index contributed by atoms with van der Waals surface area (Å²) >= 11 is 0. The predicted molar refractivity (Wildman–Crippen MR) is 84.7 cm³/mol. The van der Waals surface area contributed by atoms with Gasteiger partial charge in [-0.05, 0) is 5.56 Å². The number of hydrogen-bond acceptors (Lipinski definition) is 4. The number of carbonyl (C=O) groups excluding carboxylic acids is 1. The van der Waals surface area contributed by atoms with Crippen LogP contribution < -0.4 is 10.2 Å². The highest BCUT2D eigenvalue weighted by molar-refractivity contribution is 5.92. The van der Waals surface area contributed by atoms with Crippen molar-refractivity contribution in [2.24, 2.45) is 0 Å². The largest absolute Gasteiger partial charge is 0.491 e. The van der Waals surface area contributed by atoms with Crippen LogP contribution in [0.25, 0.3) is 0 Å². The molecule has 2 aromatic rings. The number of methoxy groups -OCH3 is 1. The third-order valence-corrected chi connectivity index (χ3v) is 3.85. The first-order chi connectivity index (χ1) is 11.2. The fourth-order valence-electron chi connectivity index (χ4n) is 2.61. The van der Waals surface area contributed by atoms with Crippen LogP contribution in [0.1, 0.15) is 22.2 Å². The van der Waals surface area contributed by atoms with Gasteiger partial charge >= 0.3 is 0 Å². The van der Waals surface area contributed by atoms with Gasteiger partial charge in [-0.15, -0.1) is 0 Å². The number of aromatic amines is 1. The number of benzene rings is 1. The molecule has 1 saturated heterocycles. The van der Waals surface area contributed by atoms with Gasteiger partial charge in [-0.25, -0.2) is 0 Å². The average Bonchev–Trinajstić information content (AvgIpc) is 2.62. The summed E-state index contributed by atoms with van der Waals surface area (Å²) in [5.41, 5.74) is 0.972. The van der Waals surface area contributed by atoms with Crippen LogP contribution in [0.3, 0.4) is 0 Å². The minimum Gasteiger partial charge on any atom is -0.491 e. The zero-order chi connectivity index (χ0) is 16.2. The molecule has 120 valence electrons. The average molecular weight is 314 g/mol. The molecule has 3 rings (SSSR count). The molecule has 1 atom stereocenters. The summed E-state index contributed by atoms with van der Waals surface area (Å²) in [6.07, 6.45) is 1.25. The molecular formula is C17H18N2O4. The van der Waals surface area contributed by atoms with E-state index in [0.29, 0.717) is 19.7 Å². The molecule has 0 bridgehead atoms. The van der Waals surface area contributed by atoms with Crippen LogP contribution in [0.2, 0.25) is 0 Å². The monoisotopic (exact) mass is 314 g/mol. The van der Waals surface area contributed by atoms with Gasteiger partial charge in [-0.2, -0.15) is 0 Å². The Bertz CT molecular complexity index is 742. The van der Waals surface area contributed by atoms with Crippen molar-refractivity contribution in [2.75, 3.05) is 26.8 Å². The second-order valence-corrected chi connectivity index (χ2v) is 5.30. The van der Waals surface area contributed by atoms with Crippen molar-refractivity contribution in [1.82, 2.24) is 9.88 Å². The van der Waals surface area contributed by atoms with Crippen molar-refractivity contribution in [3.8, 4) is 5.75 Å². The highest BCUT2D eigenvalue weighted by atomic mass is 16.5. The lowest BCUT2D eigenvalue weighted by Gasteiger charge is -2.33. The molecule has 23 heavy (non-hydrogen) atoms. The summed E-state index contributed by atoms with van der Waals surface area (Å²) in [5, 5.41) is 0. The number of nitrogens with one attached hydrogen (secondary N) is 1. The molecule has 1 aliphatic heterocycles. The lowest BCUT2D eigenvalue weighted by molar-refractivity contribution is -0.0230. The summed E-state index contributed by atoms with van der Waals surface area (Å²) in [5.74, 6) is -0.0281. The van der Waals surface area contributed by atoms with Crippen molar-refractivity contribution in [1.29, 1.82) is 0 Å². The lowest BCUT2D eigenvalue weighted by Crippen LogP contribution is -2.42. The summed E-state index contributed by atoms with van der Waals surface area (Å²) in [7, 11) is 1.42. The zero-order valence-electron chi connectivity index (χ0n) is 12.8. The highest BCUT2D eigenvalue weighted by Gasteiger charge is 2.26. The molecule has 1 fully saturated rings. The maximum absolute atomic E-state index is 12.6. The van der Waals surface area contributed by atoms with E-state index in [1.54, 1.807) is 4.90 Å². The zero-order valence-corrected chi connectivity index (χ0v) is 12.8. The predicted octanol–water partition coefficient (Wildman–Crippen LogP) is 1.60. The van der Waals surface area contributed by atoms with Gasteiger partial charge in [0, 0.05) is 18.8 Å². The number of carbonyl (C=O) groups is 1. The molecule has 6 heteroatoms. The molecule has 0 aliphatic carbocycles. The van der Waals surface area contributed by atoms with Crippen LogP contribution in [0, 0.1) is 0 Å². The van der Waals surface area contributed by atoms with Crippen LogP contribution in [-0.4, -0.2) is 42.6 Å². The first-order valence-corrected chi connectivity index (χ1v) is 7.41. The molecule has 0 unspecified atom stereocenters. The van der Waals surface area contributed by atoms with Gasteiger partial charge in [0.1, 0.15) is 11.8 Å². The number of pyridine rings is 1. The van der Waals surface area contributed by atoms with E-state index in [4.69, 9.17) is 9.47 Å². The number of H-pyrrole nitrogens is 1. The van der Waals surface area contributed by atoms with Gasteiger partial charge in [0.05, 0.1) is 20.3 Å². The first kappa shape index (κ1) is 15.3. The van der Waals surface area contributed by atoms with Gasteiger partial charge in [0.15, 0.2) is 5.75 Å². The number of rotatable bonds is 3. The van der Waals surface area contributed by atoms with Crippen LogP contribution in [0.4, 0.5) is 0 Å². The third kappa shape index (κ3) is 3.27. The quantitative estimate of drug-likeness (QED) is 0.934. The van der Waals surface area contributed by atoms with Crippen LogP contribution >= 0.6 is 0 Å². The molecule has 1 aliphatic rings. The standard InChI is InChI=1S/C17H18N2O4/c1-22-15-10-18-13(9-14(15)20)17(21)19-7-8-23-16(11-19)12-5-3-2-4-6-12/h2-6,9-10,16H,7-8,11H2,1H3,(H,18,20)/t16-/m0/s1. The Morgan fingerprint density at radius 3 is 2.83 bits per heavy atom. The molecular weight excluding hydrogens is 296 g/mol.